The number of anilines is 2. The number of nitrogens with one attached hydrogen (secondary N) is 1. The van der Waals surface area contributed by atoms with Gasteiger partial charge in [-0.05, 0) is 60.5 Å². The third kappa shape index (κ3) is 5.42. The van der Waals surface area contributed by atoms with Gasteiger partial charge >= 0.3 is 0 Å². The Kier molecular flexibility index (Phi) is 6.87. The molecule has 0 radical (unpaired) electrons. The highest BCUT2D eigenvalue weighted by Gasteiger charge is 2.14. The number of aromatic nitrogens is 3. The zero-order valence-corrected chi connectivity index (χ0v) is 19.3. The van der Waals surface area contributed by atoms with Crippen LogP contribution >= 0.6 is 0 Å². The molecule has 9 heteroatoms. The molecular formula is C26H27N5O4. The highest BCUT2D eigenvalue weighted by Crippen LogP contribution is 2.25. The summed E-state index contributed by atoms with van der Waals surface area (Å²) in [7, 11) is 0. The van der Waals surface area contributed by atoms with E-state index in [4.69, 9.17) is 9.47 Å². The zero-order chi connectivity index (χ0) is 24.0. The number of aliphatic hydroxyl groups is 1. The lowest BCUT2D eigenvalue weighted by molar-refractivity contribution is -0.118. The van der Waals surface area contributed by atoms with Gasteiger partial charge in [-0.25, -0.2) is 0 Å². The summed E-state index contributed by atoms with van der Waals surface area (Å²) in [6.07, 6.45) is 0.495. The Labute approximate surface area is 202 Å². The van der Waals surface area contributed by atoms with Crippen LogP contribution in [0.3, 0.4) is 0 Å². The lowest BCUT2D eigenvalue weighted by Crippen LogP contribution is -2.36. The van der Waals surface area contributed by atoms with Crippen molar-refractivity contribution in [3.05, 3.63) is 72.3 Å². The Bertz CT molecular complexity index is 1270. The standard InChI is InChI=1S/C26H27N5O4/c32-14-11-19-5-10-25(24(17-19)31-28-22-3-1-2-4-23(22)29-31)35-18-26(33)27-20-6-8-21(9-7-20)30-12-15-34-16-13-30/h1-10,17,32H,11-16,18H2,(H,27,33). The van der Waals surface area contributed by atoms with Crippen molar-refractivity contribution in [2.45, 2.75) is 6.42 Å². The third-order valence-electron chi connectivity index (χ3n) is 5.81. The summed E-state index contributed by atoms with van der Waals surface area (Å²) in [6.45, 7) is 3.03. The van der Waals surface area contributed by atoms with E-state index in [0.29, 0.717) is 23.5 Å². The van der Waals surface area contributed by atoms with Crippen LogP contribution in [-0.4, -0.2) is 65.5 Å². The van der Waals surface area contributed by atoms with Crippen molar-refractivity contribution in [1.29, 1.82) is 0 Å². The Morgan fingerprint density at radius 2 is 1.71 bits per heavy atom. The van der Waals surface area contributed by atoms with Crippen molar-refractivity contribution in [2.75, 3.05) is 49.7 Å². The van der Waals surface area contributed by atoms with Crippen molar-refractivity contribution in [3.8, 4) is 11.4 Å². The van der Waals surface area contributed by atoms with Crippen molar-refractivity contribution in [1.82, 2.24) is 15.0 Å². The fourth-order valence-electron chi connectivity index (χ4n) is 4.01. The Hall–Kier alpha value is -3.95. The van der Waals surface area contributed by atoms with E-state index in [1.165, 1.54) is 4.80 Å². The molecule has 0 aliphatic carbocycles. The topological polar surface area (TPSA) is 102 Å². The first-order chi connectivity index (χ1) is 17.2. The van der Waals surface area contributed by atoms with Crippen molar-refractivity contribution in [2.24, 2.45) is 0 Å². The van der Waals surface area contributed by atoms with Gasteiger partial charge < -0.3 is 24.8 Å². The first-order valence-corrected chi connectivity index (χ1v) is 11.6. The summed E-state index contributed by atoms with van der Waals surface area (Å²) in [5, 5.41) is 21.3. The number of carbonyl (C=O) groups excluding carboxylic acids is 1. The molecule has 1 amide bonds. The highest BCUT2D eigenvalue weighted by molar-refractivity contribution is 5.92. The van der Waals surface area contributed by atoms with Crippen molar-refractivity contribution < 1.29 is 19.4 Å². The van der Waals surface area contributed by atoms with Crippen molar-refractivity contribution in [3.63, 3.8) is 0 Å². The molecule has 1 fully saturated rings. The molecule has 35 heavy (non-hydrogen) atoms. The van der Waals surface area contributed by atoms with Gasteiger partial charge in [-0.1, -0.05) is 18.2 Å². The number of aliphatic hydroxyl groups excluding tert-OH is 1. The molecule has 1 aliphatic heterocycles. The number of amides is 1. The number of morpholine rings is 1. The van der Waals surface area contributed by atoms with Gasteiger partial charge in [-0.15, -0.1) is 15.0 Å². The molecule has 4 aromatic rings. The molecule has 5 rings (SSSR count). The van der Waals surface area contributed by atoms with Crippen LogP contribution in [0.1, 0.15) is 5.56 Å². The van der Waals surface area contributed by atoms with Gasteiger partial charge in [0, 0.05) is 31.1 Å². The Morgan fingerprint density at radius 1 is 1.00 bits per heavy atom. The normalized spacial score (nSPS) is 13.7. The van der Waals surface area contributed by atoms with E-state index in [1.54, 1.807) is 6.07 Å². The van der Waals surface area contributed by atoms with Gasteiger partial charge in [0.25, 0.3) is 5.91 Å². The van der Waals surface area contributed by atoms with Crippen LogP contribution in [0.2, 0.25) is 0 Å². The van der Waals surface area contributed by atoms with E-state index in [9.17, 15) is 9.90 Å². The first kappa shape index (κ1) is 22.8. The molecule has 0 spiro atoms. The van der Waals surface area contributed by atoms with Crippen molar-refractivity contribution >= 4 is 28.3 Å². The number of nitrogens with zero attached hydrogens (tertiary/aromatic N) is 4. The number of carbonyl (C=O) groups is 1. The molecule has 1 aliphatic rings. The molecule has 2 heterocycles. The molecule has 0 saturated carbocycles. The quantitative estimate of drug-likeness (QED) is 0.406. The van der Waals surface area contributed by atoms with Crippen LogP contribution in [0, 0.1) is 0 Å². The maximum absolute atomic E-state index is 12.6. The summed E-state index contributed by atoms with van der Waals surface area (Å²) < 4.78 is 11.3. The molecule has 0 bridgehead atoms. The molecular weight excluding hydrogens is 446 g/mol. The summed E-state index contributed by atoms with van der Waals surface area (Å²) >= 11 is 0. The summed E-state index contributed by atoms with van der Waals surface area (Å²) in [5.74, 6) is 0.206. The molecule has 9 nitrogen and oxygen atoms in total. The van der Waals surface area contributed by atoms with E-state index in [1.807, 2.05) is 60.7 Å². The predicted molar refractivity (Wildman–Crippen MR) is 133 cm³/mol. The van der Waals surface area contributed by atoms with Gasteiger partial charge in [0.2, 0.25) is 0 Å². The van der Waals surface area contributed by atoms with Crippen LogP contribution in [-0.2, 0) is 16.0 Å². The fraction of sp³-hybridized carbons (Fsp3) is 0.269. The molecule has 180 valence electrons. The molecule has 1 aromatic heterocycles. The van der Waals surface area contributed by atoms with Gasteiger partial charge in [-0.3, -0.25) is 4.79 Å². The largest absolute Gasteiger partial charge is 0.481 e. The average Bonchev–Trinajstić information content (AvgIpc) is 3.33. The number of hydrogen-bond acceptors (Lipinski definition) is 7. The third-order valence-corrected chi connectivity index (χ3v) is 5.81. The first-order valence-electron chi connectivity index (χ1n) is 11.6. The van der Waals surface area contributed by atoms with Crippen LogP contribution in [0.25, 0.3) is 16.7 Å². The number of hydrogen-bond donors (Lipinski definition) is 2. The smallest absolute Gasteiger partial charge is 0.262 e. The van der Waals surface area contributed by atoms with Crippen LogP contribution in [0.15, 0.2) is 66.7 Å². The maximum Gasteiger partial charge on any atom is 0.262 e. The average molecular weight is 474 g/mol. The zero-order valence-electron chi connectivity index (χ0n) is 19.3. The monoisotopic (exact) mass is 473 g/mol. The predicted octanol–water partition coefficient (Wildman–Crippen LogP) is 2.81. The number of fused-ring (bicyclic) bond motifs is 1. The summed E-state index contributed by atoms with van der Waals surface area (Å²) in [4.78, 5) is 16.4. The van der Waals surface area contributed by atoms with Crippen LogP contribution in [0.4, 0.5) is 11.4 Å². The Balaban J connectivity index is 1.27. The minimum Gasteiger partial charge on any atom is -0.481 e. The summed E-state index contributed by atoms with van der Waals surface area (Å²) in [6, 6.07) is 20.8. The van der Waals surface area contributed by atoms with Crippen LogP contribution < -0.4 is 15.0 Å². The minimum atomic E-state index is -0.270. The lowest BCUT2D eigenvalue weighted by Gasteiger charge is -2.28. The van der Waals surface area contributed by atoms with E-state index in [2.05, 4.69) is 20.4 Å². The molecule has 0 atom stereocenters. The van der Waals surface area contributed by atoms with E-state index in [0.717, 1.165) is 48.6 Å². The lowest BCUT2D eigenvalue weighted by atomic mass is 10.1. The number of rotatable bonds is 8. The van der Waals surface area contributed by atoms with E-state index >= 15 is 0 Å². The maximum atomic E-state index is 12.6. The van der Waals surface area contributed by atoms with Crippen LogP contribution in [0.5, 0.6) is 5.75 Å². The second-order valence-electron chi connectivity index (χ2n) is 8.24. The minimum absolute atomic E-state index is 0.0287. The van der Waals surface area contributed by atoms with Gasteiger partial charge in [0.1, 0.15) is 22.5 Å². The van der Waals surface area contributed by atoms with Gasteiger partial charge in [-0.2, -0.15) is 0 Å². The summed E-state index contributed by atoms with van der Waals surface area (Å²) in [5.41, 5.74) is 4.84. The SMILES string of the molecule is O=C(COc1ccc(CCO)cc1-n1nc2ccccc2n1)Nc1ccc(N2CCOCC2)cc1. The van der Waals surface area contributed by atoms with Gasteiger partial charge in [0.05, 0.1) is 13.2 Å². The second kappa shape index (κ2) is 10.5. The Morgan fingerprint density at radius 3 is 2.40 bits per heavy atom. The number of ether oxygens (including phenoxy) is 2. The fourth-order valence-corrected chi connectivity index (χ4v) is 4.01. The highest BCUT2D eigenvalue weighted by atomic mass is 16.5. The second-order valence-corrected chi connectivity index (χ2v) is 8.24. The molecule has 1 saturated heterocycles. The van der Waals surface area contributed by atoms with E-state index in [-0.39, 0.29) is 19.1 Å². The molecule has 0 unspecified atom stereocenters. The number of benzene rings is 3. The molecule has 3 aromatic carbocycles. The van der Waals surface area contributed by atoms with E-state index < -0.39 is 0 Å². The van der Waals surface area contributed by atoms with Gasteiger partial charge in [0.15, 0.2) is 6.61 Å². The molecule has 2 N–H and O–H groups in total.